The second-order valence-electron chi connectivity index (χ2n) is 5.13. The van der Waals surface area contributed by atoms with Crippen molar-refractivity contribution < 1.29 is 4.52 Å². The van der Waals surface area contributed by atoms with Gasteiger partial charge in [-0.2, -0.15) is 4.98 Å². The molecule has 22 heavy (non-hydrogen) atoms. The van der Waals surface area contributed by atoms with Crippen molar-refractivity contribution in [1.82, 2.24) is 24.9 Å². The predicted molar refractivity (Wildman–Crippen MR) is 84.8 cm³/mol. The van der Waals surface area contributed by atoms with Crippen molar-refractivity contribution in [1.29, 1.82) is 0 Å². The van der Waals surface area contributed by atoms with E-state index in [-0.39, 0.29) is 0 Å². The van der Waals surface area contributed by atoms with Crippen LogP contribution in [0, 0.1) is 0 Å². The topological polar surface area (TPSA) is 69.6 Å². The number of rotatable bonds is 6. The lowest BCUT2D eigenvalue weighted by Crippen LogP contribution is -1.99. The zero-order valence-electron chi connectivity index (χ0n) is 12.1. The molecule has 0 spiro atoms. The van der Waals surface area contributed by atoms with Gasteiger partial charge in [0.1, 0.15) is 0 Å². The van der Waals surface area contributed by atoms with Gasteiger partial charge in [-0.3, -0.25) is 4.57 Å². The molecule has 0 aliphatic heterocycles. The van der Waals surface area contributed by atoms with Crippen LogP contribution in [0.1, 0.15) is 37.5 Å². The van der Waals surface area contributed by atoms with E-state index in [0.29, 0.717) is 17.7 Å². The first-order valence-corrected chi connectivity index (χ1v) is 9.14. The summed E-state index contributed by atoms with van der Waals surface area (Å²) in [5.41, 5.74) is 0. The fourth-order valence-electron chi connectivity index (χ4n) is 2.23. The van der Waals surface area contributed by atoms with Crippen LogP contribution in [0.4, 0.5) is 0 Å². The molecule has 6 nitrogen and oxygen atoms in total. The molecule has 0 saturated heterocycles. The van der Waals surface area contributed by atoms with Crippen molar-refractivity contribution in [2.45, 2.75) is 43.1 Å². The van der Waals surface area contributed by atoms with Gasteiger partial charge in [0.25, 0.3) is 0 Å². The molecule has 0 N–H and O–H groups in total. The Morgan fingerprint density at radius 2 is 2.32 bits per heavy atom. The minimum absolute atomic E-state index is 0.531. The summed E-state index contributed by atoms with van der Waals surface area (Å²) in [6.45, 7) is 2.01. The zero-order valence-corrected chi connectivity index (χ0v) is 13.7. The Bertz CT molecular complexity index is 760. The molecule has 114 valence electrons. The van der Waals surface area contributed by atoms with Gasteiger partial charge in [0, 0.05) is 12.5 Å². The first-order valence-electron chi connectivity index (χ1n) is 7.28. The second kappa shape index (κ2) is 5.85. The fraction of sp³-hybridized carbons (Fsp3) is 0.429. The number of aromatic nitrogens is 5. The number of aryl methyl sites for hydroxylation is 1. The van der Waals surface area contributed by atoms with Gasteiger partial charge in [0.15, 0.2) is 16.8 Å². The summed E-state index contributed by atoms with van der Waals surface area (Å²) in [6, 6.07) is 4.67. The number of hydrogen-bond donors (Lipinski definition) is 0. The molecule has 0 unspecified atom stereocenters. The van der Waals surface area contributed by atoms with E-state index in [2.05, 4.69) is 36.4 Å². The third-order valence-corrected chi connectivity index (χ3v) is 5.26. The lowest BCUT2D eigenvalue weighted by atomic mass is 10.4. The Morgan fingerprint density at radius 1 is 1.41 bits per heavy atom. The molecule has 1 fully saturated rings. The Labute approximate surface area is 136 Å². The molecule has 4 rings (SSSR count). The van der Waals surface area contributed by atoms with E-state index in [1.165, 1.54) is 12.8 Å². The first kappa shape index (κ1) is 14.0. The first-order chi connectivity index (χ1) is 10.8. The minimum atomic E-state index is 0.531. The van der Waals surface area contributed by atoms with Crippen LogP contribution < -0.4 is 0 Å². The molecule has 0 atom stereocenters. The highest BCUT2D eigenvalue weighted by atomic mass is 32.2. The minimum Gasteiger partial charge on any atom is -0.338 e. The molecule has 3 heterocycles. The van der Waals surface area contributed by atoms with Gasteiger partial charge in [-0.05, 0) is 24.3 Å². The highest BCUT2D eigenvalue weighted by Crippen LogP contribution is 2.42. The normalized spacial score (nSPS) is 14.6. The van der Waals surface area contributed by atoms with Gasteiger partial charge in [-0.1, -0.05) is 29.9 Å². The lowest BCUT2D eigenvalue weighted by molar-refractivity contribution is 0.385. The summed E-state index contributed by atoms with van der Waals surface area (Å²) >= 11 is 3.30. The fourth-order valence-corrected chi connectivity index (χ4v) is 3.78. The van der Waals surface area contributed by atoms with Gasteiger partial charge in [0.2, 0.25) is 5.89 Å². The molecule has 0 aromatic carbocycles. The van der Waals surface area contributed by atoms with Gasteiger partial charge in [-0.25, -0.2) is 0 Å². The standard InChI is InChI=1S/C14H15N5OS2/c1-2-11-15-12(20-18-11)8-22-14-17-16-13(10-4-3-7-21-10)19(14)9-5-6-9/h3-4,7,9H,2,5-6,8H2,1H3. The van der Waals surface area contributed by atoms with Crippen LogP contribution >= 0.6 is 23.1 Å². The largest absolute Gasteiger partial charge is 0.338 e. The quantitative estimate of drug-likeness (QED) is 0.642. The second-order valence-corrected chi connectivity index (χ2v) is 7.02. The average molecular weight is 333 g/mol. The van der Waals surface area contributed by atoms with Crippen molar-refractivity contribution in [3.63, 3.8) is 0 Å². The molecule has 0 amide bonds. The van der Waals surface area contributed by atoms with E-state index in [1.54, 1.807) is 23.1 Å². The Balaban J connectivity index is 1.56. The van der Waals surface area contributed by atoms with Crippen LogP contribution in [-0.2, 0) is 12.2 Å². The third kappa shape index (κ3) is 2.68. The van der Waals surface area contributed by atoms with Crippen LogP contribution in [-0.4, -0.2) is 24.9 Å². The summed E-state index contributed by atoms with van der Waals surface area (Å²) in [5.74, 6) is 2.99. The molecule has 8 heteroatoms. The monoisotopic (exact) mass is 333 g/mol. The predicted octanol–water partition coefficient (Wildman–Crippen LogP) is 3.58. The molecule has 0 bridgehead atoms. The Kier molecular flexibility index (Phi) is 3.71. The molecule has 3 aromatic rings. The molecule has 0 radical (unpaired) electrons. The van der Waals surface area contributed by atoms with E-state index in [0.717, 1.165) is 28.1 Å². The summed E-state index contributed by atoms with van der Waals surface area (Å²) in [6.07, 6.45) is 3.18. The van der Waals surface area contributed by atoms with Crippen molar-refractivity contribution in [2.75, 3.05) is 0 Å². The van der Waals surface area contributed by atoms with E-state index in [1.807, 2.05) is 13.0 Å². The summed E-state index contributed by atoms with van der Waals surface area (Å²) in [7, 11) is 0. The number of nitrogens with zero attached hydrogens (tertiary/aromatic N) is 5. The molecular weight excluding hydrogens is 318 g/mol. The molecule has 1 aliphatic rings. The smallest absolute Gasteiger partial charge is 0.237 e. The lowest BCUT2D eigenvalue weighted by Gasteiger charge is -2.06. The van der Waals surface area contributed by atoms with Crippen LogP contribution in [0.15, 0.2) is 27.2 Å². The maximum Gasteiger partial charge on any atom is 0.237 e. The van der Waals surface area contributed by atoms with Crippen LogP contribution in [0.5, 0.6) is 0 Å². The van der Waals surface area contributed by atoms with Gasteiger partial charge in [-0.15, -0.1) is 21.5 Å². The van der Waals surface area contributed by atoms with E-state index in [4.69, 9.17) is 4.52 Å². The number of thioether (sulfide) groups is 1. The van der Waals surface area contributed by atoms with Crippen molar-refractivity contribution >= 4 is 23.1 Å². The van der Waals surface area contributed by atoms with Crippen LogP contribution in [0.2, 0.25) is 0 Å². The highest BCUT2D eigenvalue weighted by Gasteiger charge is 2.30. The maximum absolute atomic E-state index is 5.23. The van der Waals surface area contributed by atoms with Crippen molar-refractivity contribution in [2.24, 2.45) is 0 Å². The van der Waals surface area contributed by atoms with E-state index >= 15 is 0 Å². The Hall–Kier alpha value is -1.67. The maximum atomic E-state index is 5.23. The van der Waals surface area contributed by atoms with Crippen LogP contribution in [0.3, 0.4) is 0 Å². The van der Waals surface area contributed by atoms with Crippen molar-refractivity contribution in [3.05, 3.63) is 29.2 Å². The highest BCUT2D eigenvalue weighted by molar-refractivity contribution is 7.98. The molecular formula is C14H15N5OS2. The number of hydrogen-bond acceptors (Lipinski definition) is 7. The summed E-state index contributed by atoms with van der Waals surface area (Å²) in [5, 5.41) is 15.7. The Morgan fingerprint density at radius 3 is 3.00 bits per heavy atom. The molecule has 1 aliphatic carbocycles. The number of thiophene rings is 1. The van der Waals surface area contributed by atoms with E-state index < -0.39 is 0 Å². The van der Waals surface area contributed by atoms with Gasteiger partial charge < -0.3 is 4.52 Å². The summed E-state index contributed by atoms with van der Waals surface area (Å²) in [4.78, 5) is 5.50. The van der Waals surface area contributed by atoms with Gasteiger partial charge in [0.05, 0.1) is 10.6 Å². The van der Waals surface area contributed by atoms with Crippen LogP contribution in [0.25, 0.3) is 10.7 Å². The summed E-state index contributed by atoms with van der Waals surface area (Å²) < 4.78 is 7.49. The third-order valence-electron chi connectivity index (χ3n) is 3.47. The average Bonchev–Trinajstić information content (AvgIpc) is 3.00. The SMILES string of the molecule is CCc1noc(CSc2nnc(-c3cccs3)n2C2CC2)n1. The molecule has 3 aromatic heterocycles. The molecule has 1 saturated carbocycles. The van der Waals surface area contributed by atoms with E-state index in [9.17, 15) is 0 Å². The van der Waals surface area contributed by atoms with Crippen molar-refractivity contribution in [3.8, 4) is 10.7 Å². The zero-order chi connectivity index (χ0) is 14.9. The van der Waals surface area contributed by atoms with Gasteiger partial charge >= 0.3 is 0 Å².